The Morgan fingerprint density at radius 2 is 1.93 bits per heavy atom. The molecule has 4 aliphatic rings. The molecule has 4 nitrogen and oxygen atoms in total. The molecule has 1 aromatic heterocycles. The van der Waals surface area contributed by atoms with Crippen LogP contribution in [0.3, 0.4) is 0 Å². The van der Waals surface area contributed by atoms with Gasteiger partial charge in [0.25, 0.3) is 5.91 Å². The van der Waals surface area contributed by atoms with E-state index in [1.165, 1.54) is 19.3 Å². The lowest BCUT2D eigenvalue weighted by atomic mass is 9.49. The number of carbonyl (C=O) groups excluding carboxylic acids is 1. The van der Waals surface area contributed by atoms with Gasteiger partial charge in [-0.25, -0.2) is 0 Å². The van der Waals surface area contributed by atoms with E-state index in [4.69, 9.17) is 9.73 Å². The van der Waals surface area contributed by atoms with Crippen LogP contribution in [0.15, 0.2) is 27.7 Å². The summed E-state index contributed by atoms with van der Waals surface area (Å²) >= 11 is 5.16. The van der Waals surface area contributed by atoms with Crippen molar-refractivity contribution in [3.05, 3.63) is 27.5 Å². The minimum Gasteiger partial charge on any atom is -0.383 e. The van der Waals surface area contributed by atoms with Gasteiger partial charge in [0, 0.05) is 18.1 Å². The number of rotatable bonds is 4. The van der Waals surface area contributed by atoms with Gasteiger partial charge in [-0.1, -0.05) is 27.3 Å². The lowest BCUT2D eigenvalue weighted by Crippen LogP contribution is -2.50. The van der Waals surface area contributed by atoms with Crippen molar-refractivity contribution in [1.82, 2.24) is 4.57 Å². The van der Waals surface area contributed by atoms with Crippen LogP contribution < -0.4 is 4.80 Å². The molecule has 0 atom stereocenters. The van der Waals surface area contributed by atoms with Crippen molar-refractivity contribution in [2.45, 2.75) is 45.1 Å². The molecule has 6 heteroatoms. The first-order valence-electron chi connectivity index (χ1n) is 9.93. The van der Waals surface area contributed by atoms with Gasteiger partial charge in [0.1, 0.15) is 0 Å². The Labute approximate surface area is 171 Å². The average molecular weight is 449 g/mol. The summed E-state index contributed by atoms with van der Waals surface area (Å²) in [7, 11) is 1.71. The fourth-order valence-electron chi connectivity index (χ4n) is 6.11. The molecule has 4 aliphatic carbocycles. The SMILES string of the molecule is COCCn1c(=NC(=O)C23CC4CC(CC(C4)C2)C3)sc2cc(Br)ccc21. The highest BCUT2D eigenvalue weighted by Gasteiger charge is 2.54. The molecule has 4 bridgehead atoms. The smallest absolute Gasteiger partial charge is 0.254 e. The van der Waals surface area contributed by atoms with Crippen molar-refractivity contribution in [3.63, 3.8) is 0 Å². The Kier molecular flexibility index (Phi) is 4.56. The molecule has 6 rings (SSSR count). The number of methoxy groups -OCH3 is 1. The largest absolute Gasteiger partial charge is 0.383 e. The summed E-state index contributed by atoms with van der Waals surface area (Å²) in [6.45, 7) is 1.33. The number of amides is 1. The summed E-state index contributed by atoms with van der Waals surface area (Å²) in [5.41, 5.74) is 0.947. The van der Waals surface area contributed by atoms with Crippen LogP contribution in [0.2, 0.25) is 0 Å². The van der Waals surface area contributed by atoms with Crippen LogP contribution in [0.4, 0.5) is 0 Å². The number of halogens is 1. The predicted octanol–water partition coefficient (Wildman–Crippen LogP) is 4.76. The van der Waals surface area contributed by atoms with Gasteiger partial charge >= 0.3 is 0 Å². The molecule has 1 heterocycles. The number of nitrogens with zero attached hydrogens (tertiary/aromatic N) is 2. The van der Waals surface area contributed by atoms with Crippen molar-refractivity contribution in [2.75, 3.05) is 13.7 Å². The first-order chi connectivity index (χ1) is 13.1. The van der Waals surface area contributed by atoms with Gasteiger partial charge in [-0.15, -0.1) is 0 Å². The Hall–Kier alpha value is -0.980. The van der Waals surface area contributed by atoms with E-state index in [9.17, 15) is 4.79 Å². The number of carbonyl (C=O) groups is 1. The van der Waals surface area contributed by atoms with Gasteiger partial charge < -0.3 is 9.30 Å². The van der Waals surface area contributed by atoms with Crippen LogP contribution in [-0.4, -0.2) is 24.2 Å². The fourth-order valence-corrected chi connectivity index (χ4v) is 7.72. The fraction of sp³-hybridized carbons (Fsp3) is 0.619. The zero-order valence-electron chi connectivity index (χ0n) is 15.6. The van der Waals surface area contributed by atoms with Gasteiger partial charge in [-0.05, 0) is 74.5 Å². The van der Waals surface area contributed by atoms with Crippen LogP contribution in [-0.2, 0) is 16.1 Å². The minimum atomic E-state index is -0.176. The lowest BCUT2D eigenvalue weighted by Gasteiger charge is -2.55. The third-order valence-electron chi connectivity index (χ3n) is 6.85. The summed E-state index contributed by atoms with van der Waals surface area (Å²) in [5, 5.41) is 0. The molecule has 144 valence electrons. The maximum atomic E-state index is 13.4. The third kappa shape index (κ3) is 3.14. The summed E-state index contributed by atoms with van der Waals surface area (Å²) in [6, 6.07) is 6.25. The molecule has 1 aromatic carbocycles. The van der Waals surface area contributed by atoms with Gasteiger partial charge in [-0.2, -0.15) is 4.99 Å². The molecule has 2 aromatic rings. The van der Waals surface area contributed by atoms with Crippen molar-refractivity contribution >= 4 is 43.4 Å². The van der Waals surface area contributed by atoms with E-state index in [2.05, 4.69) is 32.6 Å². The Morgan fingerprint density at radius 1 is 1.26 bits per heavy atom. The molecular weight excluding hydrogens is 424 g/mol. The van der Waals surface area contributed by atoms with Gasteiger partial charge in [-0.3, -0.25) is 4.79 Å². The van der Waals surface area contributed by atoms with Crippen molar-refractivity contribution in [2.24, 2.45) is 28.2 Å². The van der Waals surface area contributed by atoms with Crippen LogP contribution >= 0.6 is 27.3 Å². The highest BCUT2D eigenvalue weighted by molar-refractivity contribution is 9.10. The third-order valence-corrected chi connectivity index (χ3v) is 8.39. The van der Waals surface area contributed by atoms with E-state index in [-0.39, 0.29) is 11.3 Å². The highest BCUT2D eigenvalue weighted by Crippen LogP contribution is 2.60. The Bertz CT molecular complexity index is 925. The molecule has 0 saturated heterocycles. The molecule has 27 heavy (non-hydrogen) atoms. The number of aromatic nitrogens is 1. The van der Waals surface area contributed by atoms with Gasteiger partial charge in [0.05, 0.1) is 22.2 Å². The van der Waals surface area contributed by atoms with Crippen LogP contribution in [0, 0.1) is 23.2 Å². The maximum absolute atomic E-state index is 13.4. The summed E-state index contributed by atoms with van der Waals surface area (Å²) < 4.78 is 9.64. The summed E-state index contributed by atoms with van der Waals surface area (Å²) in [4.78, 5) is 19.0. The normalized spacial score (nSPS) is 32.5. The lowest BCUT2D eigenvalue weighted by molar-refractivity contribution is -0.142. The number of ether oxygens (including phenoxy) is 1. The second kappa shape index (κ2) is 6.82. The van der Waals surface area contributed by atoms with Crippen LogP contribution in [0.1, 0.15) is 38.5 Å². The zero-order chi connectivity index (χ0) is 18.6. The summed E-state index contributed by atoms with van der Waals surface area (Å²) in [6.07, 6.45) is 7.23. The van der Waals surface area contributed by atoms with E-state index >= 15 is 0 Å². The first-order valence-corrected chi connectivity index (χ1v) is 11.5. The molecule has 4 fully saturated rings. The van der Waals surface area contributed by atoms with Crippen LogP contribution in [0.25, 0.3) is 10.2 Å². The second-order valence-electron chi connectivity index (χ2n) is 8.76. The number of hydrogen-bond donors (Lipinski definition) is 0. The quantitative estimate of drug-likeness (QED) is 0.676. The molecular formula is C21H25BrN2O2S. The molecule has 1 amide bonds. The average Bonchev–Trinajstić information content (AvgIpc) is 2.94. The number of hydrogen-bond acceptors (Lipinski definition) is 3. The Balaban J connectivity index is 1.56. The number of benzene rings is 1. The highest BCUT2D eigenvalue weighted by atomic mass is 79.9. The van der Waals surface area contributed by atoms with Crippen LogP contribution in [0.5, 0.6) is 0 Å². The topological polar surface area (TPSA) is 43.6 Å². The van der Waals surface area contributed by atoms with E-state index in [1.54, 1.807) is 18.4 Å². The monoisotopic (exact) mass is 448 g/mol. The Morgan fingerprint density at radius 3 is 2.56 bits per heavy atom. The molecule has 0 unspecified atom stereocenters. The van der Waals surface area contributed by atoms with Crippen molar-refractivity contribution in [1.29, 1.82) is 0 Å². The first kappa shape index (κ1) is 18.1. The van der Waals surface area contributed by atoms with E-state index in [0.29, 0.717) is 13.2 Å². The molecule has 4 saturated carbocycles. The molecule has 0 N–H and O–H groups in total. The molecule has 0 spiro atoms. The standard InChI is InChI=1S/C21H25BrN2O2S/c1-26-5-4-24-17-3-2-16(22)9-18(17)27-20(24)23-19(25)21-10-13-6-14(11-21)8-15(7-13)12-21/h2-3,9,13-15H,4-8,10-12H2,1H3. The second-order valence-corrected chi connectivity index (χ2v) is 10.7. The van der Waals surface area contributed by atoms with Crippen molar-refractivity contribution < 1.29 is 9.53 Å². The summed E-state index contributed by atoms with van der Waals surface area (Å²) in [5.74, 6) is 2.41. The zero-order valence-corrected chi connectivity index (χ0v) is 18.0. The van der Waals surface area contributed by atoms with E-state index in [1.807, 2.05) is 6.07 Å². The maximum Gasteiger partial charge on any atom is 0.254 e. The van der Waals surface area contributed by atoms with E-state index < -0.39 is 0 Å². The molecule has 0 radical (unpaired) electrons. The molecule has 0 aliphatic heterocycles. The van der Waals surface area contributed by atoms with Gasteiger partial charge in [0.2, 0.25) is 0 Å². The number of fused-ring (bicyclic) bond motifs is 1. The minimum absolute atomic E-state index is 0.137. The van der Waals surface area contributed by atoms with E-state index in [0.717, 1.165) is 56.5 Å². The number of thiazole rings is 1. The van der Waals surface area contributed by atoms with Gasteiger partial charge in [0.15, 0.2) is 4.80 Å². The predicted molar refractivity (Wildman–Crippen MR) is 111 cm³/mol. The van der Waals surface area contributed by atoms with Crippen molar-refractivity contribution in [3.8, 4) is 0 Å².